The van der Waals surface area contributed by atoms with E-state index in [1.807, 2.05) is 12.2 Å². The Bertz CT molecular complexity index is 506. The Hall–Kier alpha value is -1.64. The lowest BCUT2D eigenvalue weighted by molar-refractivity contribution is 0.111. The van der Waals surface area contributed by atoms with E-state index in [2.05, 4.69) is 36.2 Å². The number of nitrogens with zero attached hydrogens (tertiary/aromatic N) is 1. The maximum Gasteiger partial charge on any atom is 0.170 e. The molecule has 0 spiro atoms. The van der Waals surface area contributed by atoms with E-state index >= 15 is 0 Å². The van der Waals surface area contributed by atoms with Crippen LogP contribution in [0, 0.1) is 5.41 Å². The van der Waals surface area contributed by atoms with Crippen LogP contribution >= 0.6 is 0 Å². The number of aldehydes is 1. The van der Waals surface area contributed by atoms with Crippen molar-refractivity contribution < 1.29 is 4.79 Å². The summed E-state index contributed by atoms with van der Waals surface area (Å²) in [5.74, 6) is 0. The quantitative estimate of drug-likeness (QED) is 0.647. The van der Waals surface area contributed by atoms with Gasteiger partial charge in [-0.25, -0.2) is 0 Å². The maximum absolute atomic E-state index is 10.7. The lowest BCUT2D eigenvalue weighted by Gasteiger charge is -2.11. The second-order valence-corrected chi connectivity index (χ2v) is 4.05. The van der Waals surface area contributed by atoms with Gasteiger partial charge in [-0.1, -0.05) is 32.1 Å². The van der Waals surface area contributed by atoms with Gasteiger partial charge in [-0.2, -0.15) is 5.10 Å². The van der Waals surface area contributed by atoms with Crippen LogP contribution in [0.1, 0.15) is 24.3 Å². The SMILES string of the molecule is CC1(C)C=CC=c2c(C=O)n[nH]c2=C1. The van der Waals surface area contributed by atoms with E-state index in [-0.39, 0.29) is 5.41 Å². The van der Waals surface area contributed by atoms with Gasteiger partial charge in [-0.05, 0) is 6.08 Å². The first-order chi connectivity index (χ1) is 6.62. The summed E-state index contributed by atoms with van der Waals surface area (Å²) in [6.07, 6.45) is 8.81. The molecule has 3 heteroatoms. The number of H-pyrrole nitrogens is 1. The molecule has 0 atom stereocenters. The molecule has 1 heterocycles. The zero-order chi connectivity index (χ0) is 10.2. The summed E-state index contributed by atoms with van der Waals surface area (Å²) in [5.41, 5.74) is 0.465. The minimum Gasteiger partial charge on any atom is -0.296 e. The van der Waals surface area contributed by atoms with E-state index in [1.165, 1.54) is 0 Å². The number of rotatable bonds is 1. The highest BCUT2D eigenvalue weighted by Crippen LogP contribution is 2.19. The van der Waals surface area contributed by atoms with E-state index in [0.29, 0.717) is 5.69 Å². The molecule has 1 aromatic rings. The van der Waals surface area contributed by atoms with Crippen LogP contribution in [0.15, 0.2) is 12.2 Å². The molecule has 1 aliphatic rings. The van der Waals surface area contributed by atoms with Gasteiger partial charge in [0, 0.05) is 10.6 Å². The van der Waals surface area contributed by atoms with Gasteiger partial charge in [0.15, 0.2) is 6.29 Å². The predicted octanol–water partition coefficient (Wildman–Crippen LogP) is 0.379. The molecule has 0 bridgehead atoms. The Morgan fingerprint density at radius 2 is 2.29 bits per heavy atom. The molecule has 1 aliphatic carbocycles. The summed E-state index contributed by atoms with van der Waals surface area (Å²) in [5, 5.41) is 8.59. The average Bonchev–Trinajstić information content (AvgIpc) is 2.40. The third kappa shape index (κ3) is 1.41. The van der Waals surface area contributed by atoms with Gasteiger partial charge in [0.2, 0.25) is 0 Å². The molecule has 2 rings (SSSR count). The summed E-state index contributed by atoms with van der Waals surface area (Å²) in [6.45, 7) is 4.21. The summed E-state index contributed by atoms with van der Waals surface area (Å²) < 4.78 is 0. The van der Waals surface area contributed by atoms with Crippen molar-refractivity contribution in [2.45, 2.75) is 13.8 Å². The van der Waals surface area contributed by atoms with Crippen molar-refractivity contribution >= 4 is 18.4 Å². The highest BCUT2D eigenvalue weighted by Gasteiger charge is 2.12. The van der Waals surface area contributed by atoms with Crippen molar-refractivity contribution in [3.8, 4) is 0 Å². The second-order valence-electron chi connectivity index (χ2n) is 4.05. The van der Waals surface area contributed by atoms with E-state index in [9.17, 15) is 4.79 Å². The van der Waals surface area contributed by atoms with Crippen LogP contribution in [0.4, 0.5) is 0 Å². The predicted molar refractivity (Wildman–Crippen MR) is 55.1 cm³/mol. The number of nitrogens with one attached hydrogen (secondary N) is 1. The van der Waals surface area contributed by atoms with Gasteiger partial charge < -0.3 is 0 Å². The van der Waals surface area contributed by atoms with Crippen molar-refractivity contribution in [2.75, 3.05) is 0 Å². The van der Waals surface area contributed by atoms with Crippen molar-refractivity contribution in [3.05, 3.63) is 28.4 Å². The van der Waals surface area contributed by atoms with E-state index in [4.69, 9.17) is 0 Å². The summed E-state index contributed by atoms with van der Waals surface area (Å²) >= 11 is 0. The number of allylic oxidation sites excluding steroid dienone is 2. The largest absolute Gasteiger partial charge is 0.296 e. The Labute approximate surface area is 81.8 Å². The Morgan fingerprint density at radius 3 is 3.00 bits per heavy atom. The van der Waals surface area contributed by atoms with Gasteiger partial charge in [0.05, 0.1) is 5.35 Å². The van der Waals surface area contributed by atoms with Crippen LogP contribution in [0.5, 0.6) is 0 Å². The molecule has 14 heavy (non-hydrogen) atoms. The Kier molecular flexibility index (Phi) is 1.88. The molecular formula is C11H12N2O. The fourth-order valence-electron chi connectivity index (χ4n) is 1.57. The monoisotopic (exact) mass is 188 g/mol. The normalized spacial score (nSPS) is 17.6. The van der Waals surface area contributed by atoms with Crippen molar-refractivity contribution in [1.29, 1.82) is 0 Å². The van der Waals surface area contributed by atoms with Crippen LogP contribution in [-0.4, -0.2) is 16.5 Å². The molecule has 0 fully saturated rings. The lowest BCUT2D eigenvalue weighted by atomic mass is 9.93. The molecule has 0 saturated heterocycles. The highest BCUT2D eigenvalue weighted by molar-refractivity contribution is 5.73. The molecule has 0 saturated carbocycles. The average molecular weight is 188 g/mol. The number of aromatic amines is 1. The molecular weight excluding hydrogens is 176 g/mol. The third-order valence-electron chi connectivity index (χ3n) is 2.28. The van der Waals surface area contributed by atoms with Crippen molar-refractivity contribution in [1.82, 2.24) is 10.2 Å². The number of aromatic nitrogens is 2. The molecule has 0 aliphatic heterocycles. The number of fused-ring (bicyclic) bond motifs is 1. The number of hydrogen-bond donors (Lipinski definition) is 1. The van der Waals surface area contributed by atoms with Crippen LogP contribution in [-0.2, 0) is 0 Å². The number of carbonyl (C=O) groups is 1. The zero-order valence-corrected chi connectivity index (χ0v) is 8.24. The molecule has 3 nitrogen and oxygen atoms in total. The maximum atomic E-state index is 10.7. The van der Waals surface area contributed by atoms with Crippen LogP contribution < -0.4 is 10.6 Å². The van der Waals surface area contributed by atoms with E-state index in [0.717, 1.165) is 16.9 Å². The standard InChI is InChI=1S/C11H12N2O/c1-11(2)5-3-4-8-9(6-11)12-13-10(8)7-14/h3-7,12H,1-2H3. The Balaban J connectivity index is 2.78. The first kappa shape index (κ1) is 8.94. The smallest absolute Gasteiger partial charge is 0.170 e. The molecule has 0 unspecified atom stereocenters. The van der Waals surface area contributed by atoms with Crippen molar-refractivity contribution in [2.24, 2.45) is 5.41 Å². The van der Waals surface area contributed by atoms with Gasteiger partial charge in [-0.15, -0.1) is 0 Å². The first-order valence-corrected chi connectivity index (χ1v) is 4.54. The second kappa shape index (κ2) is 2.94. The van der Waals surface area contributed by atoms with E-state index < -0.39 is 0 Å². The molecule has 0 amide bonds. The van der Waals surface area contributed by atoms with E-state index in [1.54, 1.807) is 0 Å². The zero-order valence-electron chi connectivity index (χ0n) is 8.24. The van der Waals surface area contributed by atoms with Gasteiger partial charge in [-0.3, -0.25) is 9.89 Å². The number of carbonyl (C=O) groups excluding carboxylic acids is 1. The fourth-order valence-corrected chi connectivity index (χ4v) is 1.57. The van der Waals surface area contributed by atoms with Crippen LogP contribution in [0.25, 0.3) is 12.2 Å². The first-order valence-electron chi connectivity index (χ1n) is 4.54. The van der Waals surface area contributed by atoms with Gasteiger partial charge in [0.1, 0.15) is 5.69 Å². The third-order valence-corrected chi connectivity index (χ3v) is 2.28. The molecule has 72 valence electrons. The topological polar surface area (TPSA) is 45.8 Å². The summed E-state index contributed by atoms with van der Waals surface area (Å²) in [4.78, 5) is 10.7. The minimum atomic E-state index is -0.00552. The molecule has 1 aromatic heterocycles. The lowest BCUT2D eigenvalue weighted by Crippen LogP contribution is -2.26. The highest BCUT2D eigenvalue weighted by atomic mass is 16.1. The molecule has 1 N–H and O–H groups in total. The Morgan fingerprint density at radius 1 is 1.50 bits per heavy atom. The van der Waals surface area contributed by atoms with Crippen molar-refractivity contribution in [3.63, 3.8) is 0 Å². The van der Waals surface area contributed by atoms with Gasteiger partial charge >= 0.3 is 0 Å². The van der Waals surface area contributed by atoms with Crippen LogP contribution in [0.3, 0.4) is 0 Å². The summed E-state index contributed by atoms with van der Waals surface area (Å²) in [7, 11) is 0. The minimum absolute atomic E-state index is 0.00552. The van der Waals surface area contributed by atoms with Crippen LogP contribution in [0.2, 0.25) is 0 Å². The summed E-state index contributed by atoms with van der Waals surface area (Å²) in [6, 6.07) is 0. The van der Waals surface area contributed by atoms with Gasteiger partial charge in [0.25, 0.3) is 0 Å². The number of hydrogen-bond acceptors (Lipinski definition) is 2. The molecule has 0 radical (unpaired) electrons. The fraction of sp³-hybridized carbons (Fsp3) is 0.273. The molecule has 0 aromatic carbocycles.